The number of rotatable bonds is 5. The van der Waals surface area contributed by atoms with E-state index in [4.69, 9.17) is 9.15 Å². The lowest BCUT2D eigenvalue weighted by Crippen LogP contribution is -2.31. The van der Waals surface area contributed by atoms with Crippen molar-refractivity contribution in [2.75, 3.05) is 12.0 Å². The highest BCUT2D eigenvalue weighted by Gasteiger charge is 2.47. The zero-order valence-corrected chi connectivity index (χ0v) is 19.6. The second-order valence-electron chi connectivity index (χ2n) is 8.73. The van der Waals surface area contributed by atoms with E-state index in [1.807, 2.05) is 49.4 Å². The number of nitrogens with zero attached hydrogens (tertiary/aromatic N) is 1. The number of ketones is 1. The molecular weight excluding hydrogens is 456 g/mol. The Bertz CT molecular complexity index is 1670. The summed E-state index contributed by atoms with van der Waals surface area (Å²) in [5.74, 6) is -1.21. The van der Waals surface area contributed by atoms with Crippen LogP contribution in [0.2, 0.25) is 0 Å². The highest BCUT2D eigenvalue weighted by atomic mass is 16.5. The van der Waals surface area contributed by atoms with Gasteiger partial charge in [-0.15, -0.1) is 0 Å². The van der Waals surface area contributed by atoms with Crippen LogP contribution in [-0.4, -0.2) is 28.9 Å². The first kappa shape index (κ1) is 21.7. The Kier molecular flexibility index (Phi) is 4.93. The number of H-pyrrole nitrogens is 1. The van der Waals surface area contributed by atoms with Gasteiger partial charge in [0.2, 0.25) is 5.78 Å². The minimum Gasteiger partial charge on any atom is -0.503 e. The number of nitrogens with one attached hydrogen (secondary N) is 1. The van der Waals surface area contributed by atoms with Crippen LogP contribution in [0.5, 0.6) is 5.75 Å². The number of amides is 1. The number of carbonyl (C=O) groups is 2. The second kappa shape index (κ2) is 8.16. The average molecular weight is 479 g/mol. The number of fused-ring (bicyclic) bond motifs is 2. The number of benzene rings is 3. The van der Waals surface area contributed by atoms with Gasteiger partial charge >= 0.3 is 0 Å². The van der Waals surface area contributed by atoms with E-state index in [0.29, 0.717) is 17.0 Å². The van der Waals surface area contributed by atoms with Crippen molar-refractivity contribution in [3.8, 4) is 5.75 Å². The molecule has 2 N–H and O–H groups in total. The van der Waals surface area contributed by atoms with Crippen LogP contribution >= 0.6 is 0 Å². The third-order valence-electron chi connectivity index (χ3n) is 6.65. The fraction of sp³-hybridized carbons (Fsp3) is 0.103. The van der Waals surface area contributed by atoms with Crippen molar-refractivity contribution in [3.63, 3.8) is 0 Å². The van der Waals surface area contributed by atoms with Gasteiger partial charge in [0.1, 0.15) is 11.3 Å². The van der Waals surface area contributed by atoms with Crippen molar-refractivity contribution < 1.29 is 23.8 Å². The number of hydrogen-bond donors (Lipinski definition) is 2. The summed E-state index contributed by atoms with van der Waals surface area (Å²) in [5.41, 5.74) is 3.39. The van der Waals surface area contributed by atoms with Crippen molar-refractivity contribution in [2.45, 2.75) is 13.0 Å². The maximum atomic E-state index is 13.9. The molecular formula is C29H22N2O5. The van der Waals surface area contributed by atoms with E-state index >= 15 is 0 Å². The lowest BCUT2D eigenvalue weighted by Gasteiger charge is -2.27. The van der Waals surface area contributed by atoms with Crippen molar-refractivity contribution in [3.05, 3.63) is 107 Å². The quantitative estimate of drug-likeness (QED) is 0.302. The van der Waals surface area contributed by atoms with Gasteiger partial charge in [0.05, 0.1) is 18.7 Å². The lowest BCUT2D eigenvalue weighted by atomic mass is 9.92. The molecule has 1 unspecified atom stereocenters. The molecule has 0 bridgehead atoms. The molecule has 0 saturated carbocycles. The van der Waals surface area contributed by atoms with Crippen LogP contribution in [-0.2, 0) is 4.79 Å². The molecule has 1 atom stereocenters. The number of aliphatic hydroxyl groups excluding tert-OH is 1. The Hall–Kier alpha value is -4.78. The van der Waals surface area contributed by atoms with Crippen molar-refractivity contribution in [2.24, 2.45) is 0 Å². The topological polar surface area (TPSA) is 95.8 Å². The first-order valence-corrected chi connectivity index (χ1v) is 11.5. The SMILES string of the molecule is COc1cccc(N2C(=O)C(O)=C(C(=O)c3cc4ccccc4o3)C2c2c(C)[nH]c3ccccc23)c1. The van der Waals surface area contributed by atoms with E-state index in [1.165, 1.54) is 4.90 Å². The van der Waals surface area contributed by atoms with Gasteiger partial charge < -0.3 is 19.2 Å². The number of furan rings is 1. The van der Waals surface area contributed by atoms with Gasteiger partial charge in [-0.3, -0.25) is 14.5 Å². The zero-order chi connectivity index (χ0) is 25.0. The molecule has 7 nitrogen and oxygen atoms in total. The average Bonchev–Trinajstić information content (AvgIpc) is 3.55. The fourth-order valence-corrected chi connectivity index (χ4v) is 5.01. The van der Waals surface area contributed by atoms with Crippen LogP contribution in [0.1, 0.15) is 27.9 Å². The summed E-state index contributed by atoms with van der Waals surface area (Å²) in [7, 11) is 1.54. The van der Waals surface area contributed by atoms with Gasteiger partial charge in [-0.2, -0.15) is 0 Å². The summed E-state index contributed by atoms with van der Waals surface area (Å²) >= 11 is 0. The van der Waals surface area contributed by atoms with Gasteiger partial charge in [0, 0.05) is 39.3 Å². The molecule has 7 heteroatoms. The molecule has 0 spiro atoms. The summed E-state index contributed by atoms with van der Waals surface area (Å²) in [6, 6.07) is 22.7. The molecule has 36 heavy (non-hydrogen) atoms. The summed E-state index contributed by atoms with van der Waals surface area (Å²) in [6.45, 7) is 1.89. The van der Waals surface area contributed by atoms with Gasteiger partial charge in [-0.1, -0.05) is 42.5 Å². The molecule has 3 heterocycles. The molecule has 2 aromatic heterocycles. The summed E-state index contributed by atoms with van der Waals surface area (Å²) < 4.78 is 11.2. The number of aromatic amines is 1. The summed E-state index contributed by atoms with van der Waals surface area (Å²) in [6.07, 6.45) is 0. The van der Waals surface area contributed by atoms with Crippen LogP contribution in [0, 0.1) is 6.92 Å². The molecule has 1 aliphatic rings. The Morgan fingerprint density at radius 2 is 1.81 bits per heavy atom. The number of hydrogen-bond acceptors (Lipinski definition) is 5. The first-order chi connectivity index (χ1) is 17.5. The first-order valence-electron chi connectivity index (χ1n) is 11.5. The monoisotopic (exact) mass is 478 g/mol. The van der Waals surface area contributed by atoms with Crippen molar-refractivity contribution in [1.29, 1.82) is 0 Å². The number of aryl methyl sites for hydroxylation is 1. The number of ether oxygens (including phenoxy) is 1. The molecule has 1 amide bonds. The molecule has 178 valence electrons. The van der Waals surface area contributed by atoms with Gasteiger partial charge in [0.15, 0.2) is 11.5 Å². The van der Waals surface area contributed by atoms with Gasteiger partial charge in [-0.25, -0.2) is 0 Å². The number of aromatic nitrogens is 1. The standard InChI is InChI=1S/C29H22N2O5/c1-16-24(20-11-4-5-12-21(20)30-16)26-25(27(32)23-14-17-8-3-6-13-22(17)36-23)28(33)29(34)31(26)18-9-7-10-19(15-18)35-2/h3-15,26,30,33H,1-2H3. The predicted octanol–water partition coefficient (Wildman–Crippen LogP) is 6.01. The number of anilines is 1. The molecule has 6 rings (SSSR count). The third kappa shape index (κ3) is 3.20. The molecule has 5 aromatic rings. The van der Waals surface area contributed by atoms with E-state index in [1.54, 1.807) is 43.5 Å². The molecule has 0 aliphatic carbocycles. The van der Waals surface area contributed by atoms with Crippen LogP contribution in [0.15, 0.2) is 94.6 Å². The minimum absolute atomic E-state index is 0.0327. The van der Waals surface area contributed by atoms with Gasteiger partial charge in [-0.05, 0) is 37.3 Å². The van der Waals surface area contributed by atoms with E-state index in [9.17, 15) is 14.7 Å². The number of para-hydroxylation sites is 2. The van der Waals surface area contributed by atoms with E-state index in [0.717, 1.165) is 27.5 Å². The number of Topliss-reactive ketones (excluding diaryl/α,β-unsaturated/α-hetero) is 1. The van der Waals surface area contributed by atoms with Crippen molar-refractivity contribution in [1.82, 2.24) is 4.98 Å². The third-order valence-corrected chi connectivity index (χ3v) is 6.65. The van der Waals surface area contributed by atoms with E-state index in [-0.39, 0.29) is 11.3 Å². The Balaban J connectivity index is 1.58. The summed E-state index contributed by atoms with van der Waals surface area (Å²) in [4.78, 5) is 32.2. The summed E-state index contributed by atoms with van der Waals surface area (Å²) in [5, 5.41) is 12.8. The smallest absolute Gasteiger partial charge is 0.294 e. The Morgan fingerprint density at radius 1 is 1.03 bits per heavy atom. The molecule has 3 aromatic carbocycles. The van der Waals surface area contributed by atoms with Crippen molar-refractivity contribution >= 4 is 39.2 Å². The fourth-order valence-electron chi connectivity index (χ4n) is 5.01. The zero-order valence-electron chi connectivity index (χ0n) is 19.6. The Morgan fingerprint density at radius 3 is 2.61 bits per heavy atom. The molecule has 0 fully saturated rings. The number of carbonyl (C=O) groups excluding carboxylic acids is 2. The predicted molar refractivity (Wildman–Crippen MR) is 136 cm³/mol. The van der Waals surface area contributed by atoms with Crippen LogP contribution < -0.4 is 9.64 Å². The second-order valence-corrected chi connectivity index (χ2v) is 8.73. The van der Waals surface area contributed by atoms with Crippen LogP contribution in [0.4, 0.5) is 5.69 Å². The van der Waals surface area contributed by atoms with Gasteiger partial charge in [0.25, 0.3) is 5.91 Å². The maximum Gasteiger partial charge on any atom is 0.294 e. The normalized spacial score (nSPS) is 15.9. The number of methoxy groups -OCH3 is 1. The van der Waals surface area contributed by atoms with E-state index in [2.05, 4.69) is 4.98 Å². The largest absolute Gasteiger partial charge is 0.503 e. The van der Waals surface area contributed by atoms with E-state index < -0.39 is 23.5 Å². The highest BCUT2D eigenvalue weighted by molar-refractivity contribution is 6.21. The molecule has 1 aliphatic heterocycles. The molecule has 0 saturated heterocycles. The number of aliphatic hydroxyl groups is 1. The van der Waals surface area contributed by atoms with Crippen LogP contribution in [0.25, 0.3) is 21.9 Å². The lowest BCUT2D eigenvalue weighted by molar-refractivity contribution is -0.117. The van der Waals surface area contributed by atoms with Crippen LogP contribution in [0.3, 0.4) is 0 Å². The Labute approximate surface area is 206 Å². The minimum atomic E-state index is -0.888. The highest BCUT2D eigenvalue weighted by Crippen LogP contribution is 2.46. The maximum absolute atomic E-state index is 13.9. The molecule has 0 radical (unpaired) electrons.